The van der Waals surface area contributed by atoms with E-state index in [4.69, 9.17) is 4.74 Å². The zero-order chi connectivity index (χ0) is 26.0. The van der Waals surface area contributed by atoms with E-state index < -0.39 is 6.17 Å². The van der Waals surface area contributed by atoms with Gasteiger partial charge in [0.25, 0.3) is 0 Å². The number of hydrogen-bond donors (Lipinski definition) is 0. The average Bonchev–Trinajstić information content (AvgIpc) is 2.94. The maximum absolute atomic E-state index is 15.5. The van der Waals surface area contributed by atoms with Crippen molar-refractivity contribution in [1.29, 1.82) is 0 Å². The van der Waals surface area contributed by atoms with Crippen molar-refractivity contribution in [3.05, 3.63) is 0 Å². The molecule has 0 aromatic rings. The first-order chi connectivity index (χ1) is 17.8. The number of carbonyl (C=O) groups is 1. The lowest BCUT2D eigenvalue weighted by atomic mass is 9.62. The fourth-order valence-electron chi connectivity index (χ4n) is 9.56. The number of carbonyl (C=O) groups excluding carboxylic acids is 1. The molecule has 37 heavy (non-hydrogen) atoms. The van der Waals surface area contributed by atoms with Crippen LogP contribution >= 0.6 is 0 Å². The summed E-state index contributed by atoms with van der Waals surface area (Å²) in [5.74, 6) is 5.65. The van der Waals surface area contributed by atoms with E-state index >= 15 is 4.39 Å². The van der Waals surface area contributed by atoms with Crippen molar-refractivity contribution in [3.8, 4) is 0 Å². The monoisotopic (exact) mass is 517 g/mol. The van der Waals surface area contributed by atoms with Crippen LogP contribution in [0.2, 0.25) is 0 Å². The Balaban J connectivity index is 1.04. The first-order valence-electron chi connectivity index (χ1n) is 16.3. The van der Waals surface area contributed by atoms with Crippen LogP contribution in [-0.2, 0) is 9.53 Å². The Morgan fingerprint density at radius 1 is 0.703 bits per heavy atom. The van der Waals surface area contributed by atoms with E-state index in [1.54, 1.807) is 0 Å². The quantitative estimate of drug-likeness (QED) is 0.359. The largest absolute Gasteiger partial charge is 0.379 e. The number of Topliss-reactive ketones (excluding diaryl/α,β-unsaturated/α-hetero) is 1. The van der Waals surface area contributed by atoms with Crippen molar-refractivity contribution in [1.82, 2.24) is 4.90 Å². The third-order valence-electron chi connectivity index (χ3n) is 12.2. The molecule has 0 amide bonds. The van der Waals surface area contributed by atoms with Gasteiger partial charge in [-0.2, -0.15) is 0 Å². The number of halogens is 1. The molecule has 212 valence electrons. The van der Waals surface area contributed by atoms with E-state index in [9.17, 15) is 4.79 Å². The molecular weight excluding hydrogens is 461 g/mol. The summed E-state index contributed by atoms with van der Waals surface area (Å²) in [5, 5.41) is 0. The SMILES string of the molecule is CC1CCC(C2CCC(C3CCC(C4CCC(C(=O)C(C)(C)N5CCOCC5)CC4)CC3)C(F)C2)CC1. The zero-order valence-electron chi connectivity index (χ0n) is 24.3. The van der Waals surface area contributed by atoms with E-state index in [-0.39, 0.29) is 11.5 Å². The van der Waals surface area contributed by atoms with Gasteiger partial charge in [0.05, 0.1) is 18.8 Å². The van der Waals surface area contributed by atoms with E-state index in [1.807, 2.05) is 0 Å². The van der Waals surface area contributed by atoms with E-state index in [1.165, 1.54) is 70.6 Å². The lowest BCUT2D eigenvalue weighted by Gasteiger charge is -2.45. The Morgan fingerprint density at radius 3 is 1.78 bits per heavy atom. The fraction of sp³-hybridized carbons (Fsp3) is 0.970. The summed E-state index contributed by atoms with van der Waals surface area (Å²) in [5.41, 5.74) is -0.364. The van der Waals surface area contributed by atoms with Gasteiger partial charge in [-0.05, 0) is 139 Å². The lowest BCUT2D eigenvalue weighted by Crippen LogP contribution is -2.56. The van der Waals surface area contributed by atoms with Crippen LogP contribution in [0.5, 0.6) is 0 Å². The van der Waals surface area contributed by atoms with Gasteiger partial charge >= 0.3 is 0 Å². The highest BCUT2D eigenvalue weighted by atomic mass is 19.1. The van der Waals surface area contributed by atoms with Gasteiger partial charge in [0.1, 0.15) is 6.17 Å². The van der Waals surface area contributed by atoms with Gasteiger partial charge < -0.3 is 4.74 Å². The zero-order valence-corrected chi connectivity index (χ0v) is 24.3. The molecule has 3 nitrogen and oxygen atoms in total. The van der Waals surface area contributed by atoms with Crippen LogP contribution in [0.1, 0.15) is 117 Å². The summed E-state index contributed by atoms with van der Waals surface area (Å²) in [4.78, 5) is 15.8. The highest BCUT2D eigenvalue weighted by Crippen LogP contribution is 2.49. The van der Waals surface area contributed by atoms with Crippen LogP contribution in [0.4, 0.5) is 4.39 Å². The van der Waals surface area contributed by atoms with Gasteiger partial charge in [-0.15, -0.1) is 0 Å². The van der Waals surface area contributed by atoms with Crippen molar-refractivity contribution in [2.45, 2.75) is 129 Å². The summed E-state index contributed by atoms with van der Waals surface area (Å²) >= 11 is 0. The molecular formula is C33H56FNO2. The maximum atomic E-state index is 15.5. The molecule has 0 radical (unpaired) electrons. The second kappa shape index (κ2) is 12.4. The van der Waals surface area contributed by atoms with Crippen LogP contribution in [0.25, 0.3) is 0 Å². The first-order valence-corrected chi connectivity index (χ1v) is 16.3. The Hall–Kier alpha value is -0.480. The van der Waals surface area contributed by atoms with Crippen molar-refractivity contribution in [3.63, 3.8) is 0 Å². The van der Waals surface area contributed by atoms with Crippen molar-refractivity contribution in [2.75, 3.05) is 26.3 Å². The van der Waals surface area contributed by atoms with Crippen LogP contribution in [0.3, 0.4) is 0 Å². The molecule has 0 aromatic heterocycles. The van der Waals surface area contributed by atoms with E-state index in [2.05, 4.69) is 25.7 Å². The summed E-state index contributed by atoms with van der Waals surface area (Å²) < 4.78 is 21.0. The summed E-state index contributed by atoms with van der Waals surface area (Å²) in [6.07, 6.45) is 17.9. The van der Waals surface area contributed by atoms with Crippen LogP contribution in [0.15, 0.2) is 0 Å². The predicted molar refractivity (Wildman–Crippen MR) is 149 cm³/mol. The van der Waals surface area contributed by atoms with Crippen LogP contribution in [-0.4, -0.2) is 48.7 Å². The third-order valence-corrected chi connectivity index (χ3v) is 12.2. The van der Waals surface area contributed by atoms with Crippen LogP contribution in [0, 0.1) is 47.3 Å². The molecule has 0 bridgehead atoms. The number of rotatable bonds is 6. The number of morpholine rings is 1. The van der Waals surface area contributed by atoms with Crippen molar-refractivity contribution < 1.29 is 13.9 Å². The summed E-state index contributed by atoms with van der Waals surface area (Å²) in [6, 6.07) is 0. The maximum Gasteiger partial charge on any atom is 0.155 e. The lowest BCUT2D eigenvalue weighted by molar-refractivity contribution is -0.137. The smallest absolute Gasteiger partial charge is 0.155 e. The molecule has 1 heterocycles. The van der Waals surface area contributed by atoms with Gasteiger partial charge in [-0.1, -0.05) is 19.8 Å². The first kappa shape index (κ1) is 28.1. The molecule has 5 fully saturated rings. The molecule has 5 rings (SSSR count). The molecule has 1 aliphatic heterocycles. The minimum Gasteiger partial charge on any atom is -0.379 e. The molecule has 0 spiro atoms. The van der Waals surface area contributed by atoms with Crippen molar-refractivity contribution >= 4 is 5.78 Å². The Bertz CT molecular complexity index is 725. The molecule has 3 unspecified atom stereocenters. The highest BCUT2D eigenvalue weighted by molar-refractivity contribution is 5.89. The number of hydrogen-bond acceptors (Lipinski definition) is 3. The van der Waals surface area contributed by atoms with Gasteiger partial charge in [0.15, 0.2) is 5.78 Å². The summed E-state index contributed by atoms with van der Waals surface area (Å²) in [6.45, 7) is 9.90. The molecule has 0 N–H and O–H groups in total. The standard InChI is InChI=1S/C33H56FNO2/c1-23-4-6-26(7-5-23)29-16-17-30(31(34)22-29)27-12-8-24(9-13-27)25-10-14-28(15-11-25)32(36)33(2,3)35-18-20-37-21-19-35/h23-31H,4-22H2,1-3H3. The van der Waals surface area contributed by atoms with Crippen LogP contribution < -0.4 is 0 Å². The molecule has 4 aliphatic carbocycles. The van der Waals surface area contributed by atoms with Gasteiger partial charge in [0.2, 0.25) is 0 Å². The number of nitrogens with zero attached hydrogens (tertiary/aromatic N) is 1. The Morgan fingerprint density at radius 2 is 1.19 bits per heavy atom. The third kappa shape index (κ3) is 6.47. The van der Waals surface area contributed by atoms with Gasteiger partial charge in [0, 0.05) is 19.0 Å². The minimum atomic E-state index is -0.545. The highest BCUT2D eigenvalue weighted by Gasteiger charge is 2.43. The molecule has 3 atom stereocenters. The van der Waals surface area contributed by atoms with E-state index in [0.29, 0.717) is 23.5 Å². The van der Waals surface area contributed by atoms with Gasteiger partial charge in [-0.3, -0.25) is 9.69 Å². The van der Waals surface area contributed by atoms with Gasteiger partial charge in [-0.25, -0.2) is 4.39 Å². The number of ketones is 1. The Kier molecular flexibility index (Phi) is 9.37. The Labute approximate surface area is 227 Å². The number of alkyl halides is 1. The fourth-order valence-corrected chi connectivity index (χ4v) is 9.56. The minimum absolute atomic E-state index is 0.236. The molecule has 4 saturated carbocycles. The molecule has 5 aliphatic rings. The summed E-state index contributed by atoms with van der Waals surface area (Å²) in [7, 11) is 0. The normalized spacial score (nSPS) is 42.9. The van der Waals surface area contributed by atoms with E-state index in [0.717, 1.165) is 75.7 Å². The second-order valence-electron chi connectivity index (χ2n) is 14.6. The van der Waals surface area contributed by atoms with Crippen molar-refractivity contribution in [2.24, 2.45) is 47.3 Å². The second-order valence-corrected chi connectivity index (χ2v) is 14.6. The molecule has 4 heteroatoms. The molecule has 1 saturated heterocycles. The molecule has 0 aromatic carbocycles. The topological polar surface area (TPSA) is 29.5 Å². The predicted octanol–water partition coefficient (Wildman–Crippen LogP) is 7.86. The average molecular weight is 518 g/mol. The number of ether oxygens (including phenoxy) is 1.